The number of ether oxygens (including phenoxy) is 1. The molecule has 4 bridgehead atoms. The normalized spacial score (nSPS) is 23.0. The van der Waals surface area contributed by atoms with Crippen LogP contribution in [0.15, 0.2) is 57.6 Å². The fourth-order valence-electron chi connectivity index (χ4n) is 6.76. The number of para-hydroxylation sites is 1. The number of tetrazole rings is 1. The van der Waals surface area contributed by atoms with Crippen LogP contribution in [0, 0.1) is 11.8 Å². The van der Waals surface area contributed by atoms with Gasteiger partial charge in [-0.2, -0.15) is 5.21 Å². The van der Waals surface area contributed by atoms with Crippen molar-refractivity contribution in [2.75, 3.05) is 5.32 Å². The van der Waals surface area contributed by atoms with E-state index >= 15 is 0 Å². The molecular formula is C33H33N9O6. The van der Waals surface area contributed by atoms with Gasteiger partial charge in [0, 0.05) is 17.7 Å². The molecule has 6 heterocycles. The fraction of sp³-hybridized carbons (Fsp3) is 0.364. The molecular weight excluding hydrogens is 618 g/mol. The largest absolute Gasteiger partial charge is 0.469 e. The van der Waals surface area contributed by atoms with Crippen molar-refractivity contribution in [2.45, 2.75) is 63.9 Å². The van der Waals surface area contributed by atoms with Gasteiger partial charge in [-0.05, 0) is 40.3 Å². The number of aromatic amines is 1. The molecule has 0 fully saturated rings. The van der Waals surface area contributed by atoms with Crippen molar-refractivity contribution in [3.05, 3.63) is 77.1 Å². The first kappa shape index (κ1) is 29.8. The molecule has 3 aliphatic heterocycles. The third kappa shape index (κ3) is 4.48. The van der Waals surface area contributed by atoms with E-state index in [9.17, 15) is 14.7 Å². The van der Waals surface area contributed by atoms with Crippen molar-refractivity contribution in [2.24, 2.45) is 11.8 Å². The number of amides is 2. The Hall–Kier alpha value is -5.57. The van der Waals surface area contributed by atoms with Crippen molar-refractivity contribution in [1.82, 2.24) is 41.2 Å². The highest BCUT2D eigenvalue weighted by Gasteiger charge is 2.61. The number of fused-ring (bicyclic) bond motifs is 4. The molecule has 8 rings (SSSR count). The van der Waals surface area contributed by atoms with Gasteiger partial charge in [0.05, 0.1) is 0 Å². The highest BCUT2D eigenvalue weighted by molar-refractivity contribution is 5.90. The summed E-state index contributed by atoms with van der Waals surface area (Å²) in [6, 6.07) is 11.9. The zero-order valence-corrected chi connectivity index (χ0v) is 26.5. The number of rotatable bonds is 6. The van der Waals surface area contributed by atoms with Gasteiger partial charge in [0.1, 0.15) is 35.6 Å². The Labute approximate surface area is 273 Å². The Morgan fingerprint density at radius 2 is 1.92 bits per heavy atom. The number of hydrogen-bond donors (Lipinski definition) is 5. The van der Waals surface area contributed by atoms with E-state index in [0.29, 0.717) is 22.9 Å². The maximum absolute atomic E-state index is 14.0. The van der Waals surface area contributed by atoms with Gasteiger partial charge in [0.15, 0.2) is 23.4 Å². The van der Waals surface area contributed by atoms with E-state index in [4.69, 9.17) is 18.6 Å². The predicted octanol–water partition coefficient (Wildman–Crippen LogP) is 2.86. The van der Waals surface area contributed by atoms with E-state index in [0.717, 1.165) is 22.4 Å². The number of anilines is 1. The van der Waals surface area contributed by atoms with E-state index < -0.39 is 41.6 Å². The second-order valence-corrected chi connectivity index (χ2v) is 13.0. The number of benzene rings is 2. The quantitative estimate of drug-likeness (QED) is 0.180. The summed E-state index contributed by atoms with van der Waals surface area (Å²) in [5.74, 6) is 0.0385. The summed E-state index contributed by atoms with van der Waals surface area (Å²) < 4.78 is 19.4. The molecule has 0 aliphatic carbocycles. The molecule has 2 aromatic carbocycles. The third-order valence-corrected chi connectivity index (χ3v) is 9.23. The van der Waals surface area contributed by atoms with E-state index in [2.05, 4.69) is 41.6 Å². The molecule has 0 radical (unpaired) electrons. The van der Waals surface area contributed by atoms with Crippen molar-refractivity contribution < 1.29 is 28.3 Å². The monoisotopic (exact) mass is 651 g/mol. The first-order valence-corrected chi connectivity index (χ1v) is 15.8. The van der Waals surface area contributed by atoms with Crippen LogP contribution in [-0.2, 0) is 21.4 Å². The lowest BCUT2D eigenvalue weighted by molar-refractivity contribution is -0.135. The van der Waals surface area contributed by atoms with Crippen molar-refractivity contribution in [3.63, 3.8) is 0 Å². The van der Waals surface area contributed by atoms with Crippen LogP contribution in [0.25, 0.3) is 23.1 Å². The zero-order valence-electron chi connectivity index (χ0n) is 26.5. The number of oxazole rings is 2. The zero-order chi connectivity index (χ0) is 33.3. The number of H-pyrrole nitrogens is 1. The molecule has 5 atom stereocenters. The minimum Gasteiger partial charge on any atom is -0.469 e. The number of nitrogens with zero attached hydrogens (tertiary/aromatic N) is 5. The van der Waals surface area contributed by atoms with Gasteiger partial charge in [-0.25, -0.2) is 9.97 Å². The SMILES string of the molecule is CC(C)[C@H](O)C(=O)N[C@H]1Cc2ccc3c(c2)C2(c4ccccc4N[C@@H]2O3)c2oc(nc2-c2nc(-c3nn[nH]n3)co2)[C@H](C(C)C)NC1=O. The van der Waals surface area contributed by atoms with Crippen LogP contribution in [0.1, 0.15) is 62.1 Å². The summed E-state index contributed by atoms with van der Waals surface area (Å²) in [5.41, 5.74) is 2.90. The fourth-order valence-corrected chi connectivity index (χ4v) is 6.76. The summed E-state index contributed by atoms with van der Waals surface area (Å²) in [6.07, 6.45) is -0.338. The Balaban J connectivity index is 1.36. The Morgan fingerprint density at radius 3 is 2.69 bits per heavy atom. The molecule has 5 aromatic rings. The summed E-state index contributed by atoms with van der Waals surface area (Å²) >= 11 is 0. The molecule has 15 heteroatoms. The molecule has 1 spiro atoms. The second-order valence-electron chi connectivity index (χ2n) is 13.0. The molecule has 0 saturated carbocycles. The molecule has 246 valence electrons. The maximum Gasteiger partial charge on any atom is 0.249 e. The number of aliphatic hydroxyl groups excluding tert-OH is 1. The van der Waals surface area contributed by atoms with Crippen LogP contribution >= 0.6 is 0 Å². The average Bonchev–Trinajstić information content (AvgIpc) is 3.89. The van der Waals surface area contributed by atoms with E-state index in [1.165, 1.54) is 6.26 Å². The topological polar surface area (TPSA) is 206 Å². The van der Waals surface area contributed by atoms with E-state index in [1.54, 1.807) is 13.8 Å². The lowest BCUT2D eigenvalue weighted by Crippen LogP contribution is -2.52. The number of aliphatic hydroxyl groups is 1. The summed E-state index contributed by atoms with van der Waals surface area (Å²) in [4.78, 5) is 36.7. The van der Waals surface area contributed by atoms with Crippen molar-refractivity contribution in [1.29, 1.82) is 0 Å². The van der Waals surface area contributed by atoms with Crippen LogP contribution in [0.5, 0.6) is 5.75 Å². The van der Waals surface area contributed by atoms with Crippen LogP contribution in [0.2, 0.25) is 0 Å². The Bertz CT molecular complexity index is 2040. The number of carbonyl (C=O) groups excluding carboxylic acids is 2. The summed E-state index contributed by atoms with van der Waals surface area (Å²) in [7, 11) is 0. The highest BCUT2D eigenvalue weighted by atomic mass is 16.5. The number of nitrogens with one attached hydrogen (secondary N) is 4. The lowest BCUT2D eigenvalue weighted by Gasteiger charge is -2.29. The lowest BCUT2D eigenvalue weighted by atomic mass is 9.72. The van der Waals surface area contributed by atoms with E-state index in [1.807, 2.05) is 56.3 Å². The van der Waals surface area contributed by atoms with Crippen LogP contribution in [0.4, 0.5) is 5.69 Å². The predicted molar refractivity (Wildman–Crippen MR) is 168 cm³/mol. The Kier molecular flexibility index (Phi) is 6.84. The highest BCUT2D eigenvalue weighted by Crippen LogP contribution is 2.59. The van der Waals surface area contributed by atoms with Crippen molar-refractivity contribution >= 4 is 17.5 Å². The van der Waals surface area contributed by atoms with Gasteiger partial charge in [-0.3, -0.25) is 9.59 Å². The molecule has 15 nitrogen and oxygen atoms in total. The van der Waals surface area contributed by atoms with Gasteiger partial charge in [-0.15, -0.1) is 10.2 Å². The first-order valence-electron chi connectivity index (χ1n) is 15.8. The molecule has 3 aromatic heterocycles. The summed E-state index contributed by atoms with van der Waals surface area (Å²) in [5, 5.41) is 34.0. The number of aromatic nitrogens is 6. The minimum atomic E-state index is -1.28. The van der Waals surface area contributed by atoms with Gasteiger partial charge >= 0.3 is 0 Å². The van der Waals surface area contributed by atoms with Crippen LogP contribution in [-0.4, -0.2) is 65.9 Å². The molecule has 48 heavy (non-hydrogen) atoms. The van der Waals surface area contributed by atoms with Gasteiger partial charge in [0.2, 0.25) is 29.4 Å². The third-order valence-electron chi connectivity index (χ3n) is 9.23. The van der Waals surface area contributed by atoms with Crippen LogP contribution < -0.4 is 20.7 Å². The van der Waals surface area contributed by atoms with E-state index in [-0.39, 0.29) is 35.9 Å². The molecule has 1 unspecified atom stereocenters. The number of carbonyl (C=O) groups is 2. The first-order chi connectivity index (χ1) is 23.1. The molecule has 5 N–H and O–H groups in total. The molecule has 0 saturated heterocycles. The second kappa shape index (κ2) is 11.0. The Morgan fingerprint density at radius 1 is 1.08 bits per heavy atom. The maximum atomic E-state index is 14.0. The molecule has 2 amide bonds. The number of hydrogen-bond acceptors (Lipinski definition) is 12. The average molecular weight is 652 g/mol. The van der Waals surface area contributed by atoms with Gasteiger partial charge in [-0.1, -0.05) is 58.0 Å². The van der Waals surface area contributed by atoms with Crippen LogP contribution in [0.3, 0.4) is 0 Å². The standard InChI is InChI=1S/C33H33N9O6/c1-14(2)23-31-38-24(30-35-21(13-46-30)27-39-41-42-40-27)26(48-31)33-17-7-5-6-8-19(17)36-32(33)47-22-10-9-16(11-18(22)33)12-20(28(44)37-23)34-29(45)25(43)15(3)4/h5-11,13-15,20,23,25,32,36,43H,12H2,1-4H3,(H,34,45)(H,37,44)(H,39,40,41,42)/t20-,23-,25-,32+,33?/m0/s1. The smallest absolute Gasteiger partial charge is 0.249 e. The van der Waals surface area contributed by atoms with Gasteiger partial charge < -0.3 is 34.6 Å². The van der Waals surface area contributed by atoms with Crippen molar-refractivity contribution in [3.8, 4) is 28.9 Å². The van der Waals surface area contributed by atoms with Gasteiger partial charge in [0.25, 0.3) is 0 Å². The summed E-state index contributed by atoms with van der Waals surface area (Å²) in [6.45, 7) is 7.34. The minimum absolute atomic E-state index is 0.151. The molecule has 3 aliphatic rings.